The number of likely N-dealkylation sites (N-methyl/N-ethyl adjacent to an activating group) is 1. The summed E-state index contributed by atoms with van der Waals surface area (Å²) < 4.78 is 5.13. The lowest BCUT2D eigenvalue weighted by Gasteiger charge is -2.16. The predicted octanol–water partition coefficient (Wildman–Crippen LogP) is 3.53. The van der Waals surface area contributed by atoms with Crippen molar-refractivity contribution in [2.24, 2.45) is 5.11 Å². The zero-order valence-corrected chi connectivity index (χ0v) is 12.4. The highest BCUT2D eigenvalue weighted by Gasteiger charge is 2.01. The van der Waals surface area contributed by atoms with Gasteiger partial charge in [-0.1, -0.05) is 43.2 Å². The van der Waals surface area contributed by atoms with Crippen LogP contribution >= 0.6 is 0 Å². The second-order valence-electron chi connectivity index (χ2n) is 4.31. The zero-order valence-electron chi connectivity index (χ0n) is 12.4. The SMILES string of the molecule is CCN(CC)CCOC(=O)/C=C/c1ccc(N=[N+]=[N-])cc1. The van der Waals surface area contributed by atoms with E-state index in [-0.39, 0.29) is 5.97 Å². The Kier molecular flexibility index (Phi) is 7.64. The van der Waals surface area contributed by atoms with Gasteiger partial charge in [-0.3, -0.25) is 0 Å². The third-order valence-corrected chi connectivity index (χ3v) is 3.01. The van der Waals surface area contributed by atoms with Crippen LogP contribution in [0.5, 0.6) is 0 Å². The Balaban J connectivity index is 2.41. The van der Waals surface area contributed by atoms with E-state index in [1.54, 1.807) is 30.3 Å². The molecule has 0 heterocycles. The van der Waals surface area contributed by atoms with Crippen LogP contribution in [0, 0.1) is 0 Å². The van der Waals surface area contributed by atoms with Crippen molar-refractivity contribution in [3.8, 4) is 0 Å². The molecule has 112 valence electrons. The Morgan fingerprint density at radius 1 is 1.33 bits per heavy atom. The van der Waals surface area contributed by atoms with Gasteiger partial charge >= 0.3 is 5.97 Å². The molecule has 0 N–H and O–H groups in total. The van der Waals surface area contributed by atoms with Crippen LogP contribution < -0.4 is 0 Å². The molecule has 21 heavy (non-hydrogen) atoms. The van der Waals surface area contributed by atoms with Gasteiger partial charge in [-0.05, 0) is 30.3 Å². The number of benzene rings is 1. The summed E-state index contributed by atoms with van der Waals surface area (Å²) in [7, 11) is 0. The van der Waals surface area contributed by atoms with Crippen LogP contribution in [0.2, 0.25) is 0 Å². The van der Waals surface area contributed by atoms with Gasteiger partial charge in [-0.15, -0.1) is 0 Å². The number of hydrogen-bond acceptors (Lipinski definition) is 4. The topological polar surface area (TPSA) is 78.3 Å². The molecule has 1 aromatic rings. The molecule has 1 rings (SSSR count). The molecule has 0 saturated heterocycles. The minimum absolute atomic E-state index is 0.360. The highest BCUT2D eigenvalue weighted by atomic mass is 16.5. The summed E-state index contributed by atoms with van der Waals surface area (Å²) in [5.74, 6) is -0.360. The molecule has 0 atom stereocenters. The largest absolute Gasteiger partial charge is 0.461 e. The summed E-state index contributed by atoms with van der Waals surface area (Å²) in [5.41, 5.74) is 9.68. The van der Waals surface area contributed by atoms with Crippen LogP contribution in [0.1, 0.15) is 19.4 Å². The maximum Gasteiger partial charge on any atom is 0.330 e. The first-order chi connectivity index (χ1) is 10.2. The lowest BCUT2D eigenvalue weighted by atomic mass is 10.2. The Labute approximate surface area is 124 Å². The first-order valence-corrected chi connectivity index (χ1v) is 6.92. The first kappa shape index (κ1) is 16.8. The van der Waals surface area contributed by atoms with Gasteiger partial charge in [0.15, 0.2) is 0 Å². The Morgan fingerprint density at radius 2 is 2.00 bits per heavy atom. The van der Waals surface area contributed by atoms with E-state index in [1.165, 1.54) is 6.08 Å². The molecule has 0 aliphatic carbocycles. The lowest BCUT2D eigenvalue weighted by Crippen LogP contribution is -2.27. The number of nitrogens with zero attached hydrogens (tertiary/aromatic N) is 4. The Morgan fingerprint density at radius 3 is 2.57 bits per heavy atom. The first-order valence-electron chi connectivity index (χ1n) is 6.92. The molecule has 0 radical (unpaired) electrons. The van der Waals surface area contributed by atoms with E-state index in [0.717, 1.165) is 25.2 Å². The monoisotopic (exact) mass is 288 g/mol. The number of hydrogen-bond donors (Lipinski definition) is 0. The van der Waals surface area contributed by atoms with Gasteiger partial charge in [0, 0.05) is 23.2 Å². The molecule has 0 aromatic heterocycles. The van der Waals surface area contributed by atoms with Crippen LogP contribution in [-0.2, 0) is 9.53 Å². The van der Waals surface area contributed by atoms with Gasteiger partial charge in [-0.2, -0.15) is 0 Å². The molecule has 1 aromatic carbocycles. The van der Waals surface area contributed by atoms with Gasteiger partial charge in [0.2, 0.25) is 0 Å². The normalized spacial score (nSPS) is 10.6. The highest BCUT2D eigenvalue weighted by molar-refractivity contribution is 5.87. The molecule has 0 amide bonds. The minimum Gasteiger partial charge on any atom is -0.461 e. The fourth-order valence-electron chi connectivity index (χ4n) is 1.73. The van der Waals surface area contributed by atoms with Gasteiger partial charge in [0.25, 0.3) is 0 Å². The Bertz CT molecular complexity index is 515. The van der Waals surface area contributed by atoms with E-state index in [0.29, 0.717) is 12.3 Å². The quantitative estimate of drug-likeness (QED) is 0.241. The van der Waals surface area contributed by atoms with Crippen molar-refractivity contribution in [1.29, 1.82) is 0 Å². The molecule has 0 aliphatic rings. The molecule has 0 spiro atoms. The predicted molar refractivity (Wildman–Crippen MR) is 83.0 cm³/mol. The summed E-state index contributed by atoms with van der Waals surface area (Å²) in [6.07, 6.45) is 3.06. The molecule has 6 heteroatoms. The maximum atomic E-state index is 11.5. The number of azide groups is 1. The van der Waals surface area contributed by atoms with E-state index >= 15 is 0 Å². The number of carbonyl (C=O) groups is 1. The summed E-state index contributed by atoms with van der Waals surface area (Å²) in [4.78, 5) is 16.4. The number of esters is 1. The van der Waals surface area contributed by atoms with Crippen LogP contribution in [0.4, 0.5) is 5.69 Å². The van der Waals surface area contributed by atoms with E-state index in [4.69, 9.17) is 10.3 Å². The van der Waals surface area contributed by atoms with E-state index in [9.17, 15) is 4.79 Å². The number of ether oxygens (including phenoxy) is 1. The molecule has 0 saturated carbocycles. The molecular formula is C15H20N4O2. The highest BCUT2D eigenvalue weighted by Crippen LogP contribution is 2.13. The van der Waals surface area contributed by atoms with Crippen LogP contribution in [-0.4, -0.2) is 37.1 Å². The summed E-state index contributed by atoms with van der Waals surface area (Å²) in [6.45, 7) is 7.17. The molecule has 6 nitrogen and oxygen atoms in total. The fraction of sp³-hybridized carbons (Fsp3) is 0.400. The third-order valence-electron chi connectivity index (χ3n) is 3.01. The standard InChI is InChI=1S/C15H20N4O2/c1-3-19(4-2)11-12-21-15(20)10-7-13-5-8-14(9-6-13)17-18-16/h5-10H,3-4,11-12H2,1-2H3/b10-7+. The maximum absolute atomic E-state index is 11.5. The van der Waals surface area contributed by atoms with E-state index in [2.05, 4.69) is 28.8 Å². The molecule has 0 bridgehead atoms. The molecular weight excluding hydrogens is 268 g/mol. The zero-order chi connectivity index (χ0) is 15.5. The van der Waals surface area contributed by atoms with Crippen molar-refractivity contribution in [2.75, 3.05) is 26.2 Å². The molecule has 0 unspecified atom stereocenters. The van der Waals surface area contributed by atoms with Crippen LogP contribution in [0.3, 0.4) is 0 Å². The van der Waals surface area contributed by atoms with E-state index in [1.807, 2.05) is 0 Å². The molecule has 0 aliphatic heterocycles. The van der Waals surface area contributed by atoms with Crippen molar-refractivity contribution in [1.82, 2.24) is 4.90 Å². The van der Waals surface area contributed by atoms with Crippen molar-refractivity contribution >= 4 is 17.7 Å². The fourth-order valence-corrected chi connectivity index (χ4v) is 1.73. The molecule has 0 fully saturated rings. The van der Waals surface area contributed by atoms with Crippen molar-refractivity contribution in [3.05, 3.63) is 46.3 Å². The second kappa shape index (κ2) is 9.58. The smallest absolute Gasteiger partial charge is 0.330 e. The van der Waals surface area contributed by atoms with Crippen molar-refractivity contribution < 1.29 is 9.53 Å². The third kappa shape index (κ3) is 6.61. The van der Waals surface area contributed by atoms with Gasteiger partial charge in [0.1, 0.15) is 6.61 Å². The van der Waals surface area contributed by atoms with Gasteiger partial charge in [0.05, 0.1) is 0 Å². The van der Waals surface area contributed by atoms with Gasteiger partial charge < -0.3 is 9.64 Å². The minimum atomic E-state index is -0.360. The lowest BCUT2D eigenvalue weighted by molar-refractivity contribution is -0.138. The summed E-state index contributed by atoms with van der Waals surface area (Å²) >= 11 is 0. The van der Waals surface area contributed by atoms with E-state index < -0.39 is 0 Å². The number of rotatable bonds is 8. The summed E-state index contributed by atoms with van der Waals surface area (Å²) in [5, 5.41) is 3.48. The number of carbonyl (C=O) groups excluding carboxylic acids is 1. The van der Waals surface area contributed by atoms with Gasteiger partial charge in [-0.25, -0.2) is 4.79 Å². The summed E-state index contributed by atoms with van der Waals surface area (Å²) in [6, 6.07) is 6.91. The van der Waals surface area contributed by atoms with Crippen molar-refractivity contribution in [2.45, 2.75) is 13.8 Å². The Hall–Kier alpha value is -2.30. The van der Waals surface area contributed by atoms with Crippen molar-refractivity contribution in [3.63, 3.8) is 0 Å². The van der Waals surface area contributed by atoms with Crippen LogP contribution in [0.25, 0.3) is 16.5 Å². The average Bonchev–Trinajstić information content (AvgIpc) is 2.51. The average molecular weight is 288 g/mol. The van der Waals surface area contributed by atoms with Crippen LogP contribution in [0.15, 0.2) is 35.5 Å². The second-order valence-corrected chi connectivity index (χ2v) is 4.31.